The Morgan fingerprint density at radius 2 is 1.93 bits per heavy atom. The van der Waals surface area contributed by atoms with Gasteiger partial charge in [-0.2, -0.15) is 0 Å². The first-order valence-electron chi connectivity index (χ1n) is 9.95. The van der Waals surface area contributed by atoms with Gasteiger partial charge in [0.15, 0.2) is 5.96 Å². The molecular formula is C22H33IN4O3. The van der Waals surface area contributed by atoms with Crippen LogP contribution in [0.2, 0.25) is 0 Å². The molecule has 2 N–H and O–H groups in total. The van der Waals surface area contributed by atoms with Gasteiger partial charge in [0.2, 0.25) is 5.88 Å². The van der Waals surface area contributed by atoms with E-state index in [1.165, 1.54) is 0 Å². The molecule has 166 valence electrons. The maximum absolute atomic E-state index is 5.52. The fourth-order valence-electron chi connectivity index (χ4n) is 2.75. The van der Waals surface area contributed by atoms with Crippen LogP contribution < -0.4 is 24.8 Å². The Bertz CT molecular complexity index is 784. The van der Waals surface area contributed by atoms with Gasteiger partial charge in [-0.25, -0.2) is 9.98 Å². The van der Waals surface area contributed by atoms with Crippen molar-refractivity contribution in [1.29, 1.82) is 0 Å². The summed E-state index contributed by atoms with van der Waals surface area (Å²) in [6, 6.07) is 9.60. The molecule has 0 radical (unpaired) electrons. The topological polar surface area (TPSA) is 77.0 Å². The number of aliphatic imine (C=N–C) groups is 1. The molecule has 0 bridgehead atoms. The second-order valence-corrected chi connectivity index (χ2v) is 6.52. The third-order valence-corrected chi connectivity index (χ3v) is 4.27. The van der Waals surface area contributed by atoms with Crippen LogP contribution in [0.5, 0.6) is 17.4 Å². The molecule has 1 atom stereocenters. The normalized spacial score (nSPS) is 11.8. The minimum atomic E-state index is -0.0270. The number of aromatic nitrogens is 1. The van der Waals surface area contributed by atoms with Crippen LogP contribution in [0.4, 0.5) is 0 Å². The zero-order valence-electron chi connectivity index (χ0n) is 18.4. The van der Waals surface area contributed by atoms with Gasteiger partial charge in [0, 0.05) is 24.4 Å². The van der Waals surface area contributed by atoms with Crippen LogP contribution in [0.3, 0.4) is 0 Å². The lowest BCUT2D eigenvalue weighted by molar-refractivity contribution is 0.305. The zero-order chi connectivity index (χ0) is 21.1. The highest BCUT2D eigenvalue weighted by Crippen LogP contribution is 2.29. The fraction of sp³-hybridized carbons (Fsp3) is 0.455. The van der Waals surface area contributed by atoms with Crippen LogP contribution in [0.1, 0.15) is 44.4 Å². The number of pyridine rings is 1. The molecule has 0 amide bonds. The first kappa shape index (κ1) is 25.8. The maximum Gasteiger partial charge on any atom is 0.213 e. The largest absolute Gasteiger partial charge is 0.497 e. The molecule has 7 nitrogen and oxygen atoms in total. The average molecular weight is 528 g/mol. The van der Waals surface area contributed by atoms with E-state index in [1.54, 1.807) is 20.4 Å². The molecule has 1 aromatic carbocycles. The van der Waals surface area contributed by atoms with Gasteiger partial charge in [0.1, 0.15) is 11.5 Å². The average Bonchev–Trinajstić information content (AvgIpc) is 2.76. The fourth-order valence-corrected chi connectivity index (χ4v) is 2.75. The van der Waals surface area contributed by atoms with E-state index in [4.69, 9.17) is 14.2 Å². The Morgan fingerprint density at radius 1 is 1.13 bits per heavy atom. The van der Waals surface area contributed by atoms with Crippen LogP contribution >= 0.6 is 24.0 Å². The number of guanidine groups is 1. The minimum Gasteiger partial charge on any atom is -0.497 e. The minimum absolute atomic E-state index is 0. The van der Waals surface area contributed by atoms with Crippen LogP contribution in [0.15, 0.2) is 41.5 Å². The van der Waals surface area contributed by atoms with Gasteiger partial charge in [0.25, 0.3) is 0 Å². The van der Waals surface area contributed by atoms with Gasteiger partial charge in [0.05, 0.1) is 33.4 Å². The van der Waals surface area contributed by atoms with E-state index < -0.39 is 0 Å². The van der Waals surface area contributed by atoms with Crippen molar-refractivity contribution in [2.24, 2.45) is 4.99 Å². The Labute approximate surface area is 196 Å². The highest BCUT2D eigenvalue weighted by Gasteiger charge is 2.14. The van der Waals surface area contributed by atoms with E-state index in [9.17, 15) is 0 Å². The molecule has 2 aromatic rings. The van der Waals surface area contributed by atoms with Crippen molar-refractivity contribution in [3.05, 3.63) is 47.7 Å². The van der Waals surface area contributed by atoms with Gasteiger partial charge in [-0.05, 0) is 44.0 Å². The van der Waals surface area contributed by atoms with E-state index in [1.807, 2.05) is 37.3 Å². The molecule has 30 heavy (non-hydrogen) atoms. The number of methoxy groups -OCH3 is 2. The molecular weight excluding hydrogens is 495 g/mol. The lowest BCUT2D eigenvalue weighted by Gasteiger charge is -2.20. The summed E-state index contributed by atoms with van der Waals surface area (Å²) in [6.45, 7) is 8.11. The molecule has 0 aliphatic rings. The van der Waals surface area contributed by atoms with Gasteiger partial charge < -0.3 is 24.8 Å². The summed E-state index contributed by atoms with van der Waals surface area (Å²) in [5.41, 5.74) is 2.01. The molecule has 0 saturated carbocycles. The van der Waals surface area contributed by atoms with Crippen LogP contribution in [-0.2, 0) is 6.54 Å². The molecule has 0 aliphatic carbocycles. The van der Waals surface area contributed by atoms with Crippen molar-refractivity contribution in [3.63, 3.8) is 0 Å². The van der Waals surface area contributed by atoms with E-state index in [0.717, 1.165) is 41.6 Å². The second-order valence-electron chi connectivity index (χ2n) is 6.52. The molecule has 0 fully saturated rings. The number of rotatable bonds is 10. The predicted molar refractivity (Wildman–Crippen MR) is 131 cm³/mol. The van der Waals surface area contributed by atoms with Crippen molar-refractivity contribution in [2.75, 3.05) is 27.4 Å². The molecule has 1 heterocycles. The number of halogens is 1. The van der Waals surface area contributed by atoms with Crippen LogP contribution in [-0.4, -0.2) is 38.3 Å². The zero-order valence-corrected chi connectivity index (χ0v) is 20.7. The van der Waals surface area contributed by atoms with Crippen LogP contribution in [0, 0.1) is 0 Å². The van der Waals surface area contributed by atoms with E-state index in [2.05, 4.69) is 34.5 Å². The molecule has 1 aromatic heterocycles. The van der Waals surface area contributed by atoms with Crippen LogP contribution in [0.25, 0.3) is 0 Å². The monoisotopic (exact) mass is 528 g/mol. The second kappa shape index (κ2) is 13.9. The molecule has 0 aliphatic heterocycles. The Balaban J connectivity index is 0.00000450. The number of nitrogens with zero attached hydrogens (tertiary/aromatic N) is 2. The summed E-state index contributed by atoms with van der Waals surface area (Å²) in [7, 11) is 3.32. The summed E-state index contributed by atoms with van der Waals surface area (Å²) in [5, 5.41) is 6.71. The molecule has 0 saturated heterocycles. The van der Waals surface area contributed by atoms with Crippen molar-refractivity contribution >= 4 is 29.9 Å². The molecule has 0 spiro atoms. The Hall–Kier alpha value is -2.23. The number of hydrogen-bond donors (Lipinski definition) is 2. The quantitative estimate of drug-likeness (QED) is 0.272. The predicted octanol–water partition coefficient (Wildman–Crippen LogP) is 4.32. The number of ether oxygens (including phenoxy) is 3. The standard InChI is InChI=1S/C22H32N4O3.HI/c1-6-12-29-21-11-8-17(14-24-21)15-25-22(23-7-2)26-16(3)19-13-18(27-4)9-10-20(19)28-5;/h8-11,13-14,16H,6-7,12,15H2,1-5H3,(H2,23,25,26);1H. The van der Waals surface area contributed by atoms with Crippen molar-refractivity contribution in [1.82, 2.24) is 15.6 Å². The number of benzene rings is 1. The molecule has 8 heteroatoms. The maximum atomic E-state index is 5.52. The number of hydrogen-bond acceptors (Lipinski definition) is 5. The summed E-state index contributed by atoms with van der Waals surface area (Å²) in [6.07, 6.45) is 2.76. The lowest BCUT2D eigenvalue weighted by atomic mass is 10.1. The van der Waals surface area contributed by atoms with E-state index in [0.29, 0.717) is 19.0 Å². The van der Waals surface area contributed by atoms with Gasteiger partial charge in [-0.1, -0.05) is 13.0 Å². The first-order valence-corrected chi connectivity index (χ1v) is 9.95. The molecule has 2 rings (SSSR count). The van der Waals surface area contributed by atoms with E-state index >= 15 is 0 Å². The van der Waals surface area contributed by atoms with Crippen molar-refractivity contribution in [2.45, 2.75) is 39.8 Å². The van der Waals surface area contributed by atoms with Gasteiger partial charge >= 0.3 is 0 Å². The summed E-state index contributed by atoms with van der Waals surface area (Å²) >= 11 is 0. The lowest BCUT2D eigenvalue weighted by Crippen LogP contribution is -2.38. The highest BCUT2D eigenvalue weighted by molar-refractivity contribution is 14.0. The van der Waals surface area contributed by atoms with Gasteiger partial charge in [-0.3, -0.25) is 0 Å². The third-order valence-electron chi connectivity index (χ3n) is 4.27. The Kier molecular flexibility index (Phi) is 12.0. The van der Waals surface area contributed by atoms with Crippen molar-refractivity contribution < 1.29 is 14.2 Å². The highest BCUT2D eigenvalue weighted by atomic mass is 127. The first-order chi connectivity index (χ1) is 14.1. The Morgan fingerprint density at radius 3 is 2.53 bits per heavy atom. The van der Waals surface area contributed by atoms with Crippen molar-refractivity contribution in [3.8, 4) is 17.4 Å². The summed E-state index contributed by atoms with van der Waals surface area (Å²) < 4.78 is 16.4. The van der Waals surface area contributed by atoms with E-state index in [-0.39, 0.29) is 30.0 Å². The van der Waals surface area contributed by atoms with Gasteiger partial charge in [-0.15, -0.1) is 24.0 Å². The molecule has 1 unspecified atom stereocenters. The smallest absolute Gasteiger partial charge is 0.213 e. The summed E-state index contributed by atoms with van der Waals surface area (Å²) in [4.78, 5) is 9.01. The number of nitrogens with one attached hydrogen (secondary N) is 2. The SMILES string of the molecule is CCCOc1ccc(CN=C(NCC)NC(C)c2cc(OC)ccc2OC)cn1.I. The summed E-state index contributed by atoms with van der Waals surface area (Å²) in [5.74, 6) is 2.95. The third kappa shape index (κ3) is 7.89.